The molecule has 1 N–H and O–H groups in total. The summed E-state index contributed by atoms with van der Waals surface area (Å²) in [5.41, 5.74) is 1.53. The van der Waals surface area contributed by atoms with Gasteiger partial charge < -0.3 is 19.6 Å². The van der Waals surface area contributed by atoms with Crippen molar-refractivity contribution >= 4 is 40.6 Å². The van der Waals surface area contributed by atoms with E-state index in [-0.39, 0.29) is 36.9 Å². The Bertz CT molecular complexity index is 1280. The van der Waals surface area contributed by atoms with Crippen LogP contribution in [0.4, 0.5) is 0 Å². The maximum atomic E-state index is 14.1. The van der Waals surface area contributed by atoms with Gasteiger partial charge in [-0.25, -0.2) is 4.68 Å². The molecule has 4 aliphatic heterocycles. The molecule has 2 amide bonds. The molecule has 6 rings (SSSR count). The summed E-state index contributed by atoms with van der Waals surface area (Å²) >= 11 is 1.49. The Morgan fingerprint density at radius 2 is 2.03 bits per heavy atom. The molecule has 0 radical (unpaired) electrons. The summed E-state index contributed by atoms with van der Waals surface area (Å²) in [5, 5.41) is 17.9. The van der Waals surface area contributed by atoms with Crippen LogP contribution in [0.2, 0.25) is 0 Å². The van der Waals surface area contributed by atoms with Gasteiger partial charge >= 0.3 is 5.97 Å². The van der Waals surface area contributed by atoms with Crippen LogP contribution in [-0.4, -0.2) is 90.0 Å². The second-order valence-electron chi connectivity index (χ2n) is 9.52. The minimum absolute atomic E-state index is 0.0181. The van der Waals surface area contributed by atoms with Crippen molar-refractivity contribution in [2.45, 2.75) is 35.5 Å². The number of carbonyl (C=O) groups is 3. The molecule has 188 valence electrons. The van der Waals surface area contributed by atoms with Gasteiger partial charge in [-0.3, -0.25) is 14.4 Å². The summed E-state index contributed by atoms with van der Waals surface area (Å²) in [5.74, 6) is -2.35. The molecule has 1 spiro atoms. The number of benzene rings is 1. The first-order valence-electron chi connectivity index (χ1n) is 12.2. The monoisotopic (exact) mass is 509 g/mol. The van der Waals surface area contributed by atoms with Gasteiger partial charge in [-0.05, 0) is 25.0 Å². The van der Waals surface area contributed by atoms with Crippen LogP contribution < -0.4 is 0 Å². The minimum Gasteiger partial charge on any atom is -0.465 e. The van der Waals surface area contributed by atoms with Crippen molar-refractivity contribution in [3.8, 4) is 0 Å². The van der Waals surface area contributed by atoms with Crippen molar-refractivity contribution in [3.63, 3.8) is 0 Å². The number of esters is 1. The van der Waals surface area contributed by atoms with E-state index in [1.165, 1.54) is 16.7 Å². The Balaban J connectivity index is 1.39. The number of fused-ring (bicyclic) bond motifs is 3. The van der Waals surface area contributed by atoms with Crippen LogP contribution in [0.1, 0.15) is 12.8 Å². The zero-order valence-electron chi connectivity index (χ0n) is 19.6. The van der Waals surface area contributed by atoms with E-state index in [9.17, 15) is 19.5 Å². The topological polar surface area (TPSA) is 118 Å². The zero-order chi connectivity index (χ0) is 24.9. The van der Waals surface area contributed by atoms with Crippen molar-refractivity contribution in [1.29, 1.82) is 0 Å². The van der Waals surface area contributed by atoms with Gasteiger partial charge in [0.05, 0.1) is 35.3 Å². The number of allylic oxidation sites excluding steroid dienone is 1. The number of ether oxygens (including phenoxy) is 1. The van der Waals surface area contributed by atoms with E-state index in [1.54, 1.807) is 9.58 Å². The molecule has 36 heavy (non-hydrogen) atoms. The lowest BCUT2D eigenvalue weighted by Gasteiger charge is -2.34. The smallest absolute Gasteiger partial charge is 0.311 e. The highest BCUT2D eigenvalue weighted by Gasteiger charge is 2.70. The van der Waals surface area contributed by atoms with Gasteiger partial charge in [0.25, 0.3) is 0 Å². The molecule has 1 aromatic heterocycles. The summed E-state index contributed by atoms with van der Waals surface area (Å²) in [6, 6.07) is 6.67. The number of aliphatic hydroxyl groups is 1. The lowest BCUT2D eigenvalue weighted by Crippen LogP contribution is -2.53. The third-order valence-corrected chi connectivity index (χ3v) is 9.24. The van der Waals surface area contributed by atoms with Gasteiger partial charge in [0, 0.05) is 18.3 Å². The summed E-state index contributed by atoms with van der Waals surface area (Å²) in [6.07, 6.45) is 9.42. The number of amides is 2. The number of para-hydroxylation sites is 1. The van der Waals surface area contributed by atoms with Crippen LogP contribution >= 0.6 is 11.8 Å². The molecule has 0 saturated carbocycles. The summed E-state index contributed by atoms with van der Waals surface area (Å²) in [4.78, 5) is 44.2. The van der Waals surface area contributed by atoms with Crippen LogP contribution in [0.5, 0.6) is 0 Å². The maximum Gasteiger partial charge on any atom is 0.311 e. The fraction of sp³-hybridized carbons (Fsp3) is 0.480. The van der Waals surface area contributed by atoms with Crippen LogP contribution in [0.25, 0.3) is 11.0 Å². The SMILES string of the molecule is O=C1OCCC/C=C\[C@H]2S[C@]34C=CCN(Cn5nnc6ccccc65)C(=O)C3N(CCO)C(=O)[C@@H]4[C@@H]12. The average molecular weight is 510 g/mol. The number of nitrogens with zero attached hydrogens (tertiary/aromatic N) is 5. The Labute approximate surface area is 211 Å². The van der Waals surface area contributed by atoms with Crippen molar-refractivity contribution in [1.82, 2.24) is 24.8 Å². The molecule has 0 aliphatic carbocycles. The van der Waals surface area contributed by atoms with Crippen molar-refractivity contribution in [3.05, 3.63) is 48.6 Å². The molecule has 0 bridgehead atoms. The van der Waals surface area contributed by atoms with Gasteiger partial charge in [-0.2, -0.15) is 0 Å². The second kappa shape index (κ2) is 9.04. The van der Waals surface area contributed by atoms with E-state index in [1.807, 2.05) is 48.6 Å². The number of carbonyl (C=O) groups excluding carboxylic acids is 3. The van der Waals surface area contributed by atoms with E-state index in [0.717, 1.165) is 23.9 Å². The Hall–Kier alpha value is -3.18. The highest BCUT2D eigenvalue weighted by Crippen LogP contribution is 2.60. The van der Waals surface area contributed by atoms with Crippen LogP contribution in [0, 0.1) is 11.8 Å². The molecule has 2 fully saturated rings. The summed E-state index contributed by atoms with van der Waals surface area (Å²) in [6.45, 7) is 0.545. The number of hydrogen-bond donors (Lipinski definition) is 1. The summed E-state index contributed by atoms with van der Waals surface area (Å²) in [7, 11) is 0. The number of likely N-dealkylation sites (tertiary alicyclic amines) is 1. The standard InChI is InChI=1S/C25H27N5O5S/c31-13-12-29-21-23(33)28(15-30-17-8-4-3-7-16(17)26-27-30)11-6-10-25(21)20(22(29)32)19-18(36-25)9-2-1-5-14-35-24(19)34/h2-4,6-10,18-21,31H,1,5,11-15H2/b9-2-/t18-,19+,20+,21?,25+/m1/s1. The number of cyclic esters (lactones) is 1. The van der Waals surface area contributed by atoms with Gasteiger partial charge in [0.1, 0.15) is 18.2 Å². The zero-order valence-corrected chi connectivity index (χ0v) is 20.4. The highest BCUT2D eigenvalue weighted by molar-refractivity contribution is 8.02. The third kappa shape index (κ3) is 3.47. The summed E-state index contributed by atoms with van der Waals surface area (Å²) < 4.78 is 6.28. The van der Waals surface area contributed by atoms with Crippen molar-refractivity contribution < 1.29 is 24.2 Å². The second-order valence-corrected chi connectivity index (χ2v) is 11.0. The fourth-order valence-corrected chi connectivity index (χ4v) is 7.96. The minimum atomic E-state index is -0.930. The Kier molecular flexibility index (Phi) is 5.83. The molecule has 2 aromatic rings. The number of β-amino-alcohol motifs (C(OH)–C–C–N with tert-alkyl or cyclic N) is 1. The lowest BCUT2D eigenvalue weighted by molar-refractivity contribution is -0.153. The lowest BCUT2D eigenvalue weighted by atomic mass is 9.78. The van der Waals surface area contributed by atoms with Gasteiger partial charge in [0.2, 0.25) is 11.8 Å². The highest BCUT2D eigenvalue weighted by atomic mass is 32.2. The fourth-order valence-electron chi connectivity index (χ4n) is 5.96. The molecule has 1 unspecified atom stereocenters. The predicted octanol–water partition coefficient (Wildman–Crippen LogP) is 0.970. The molecule has 2 saturated heterocycles. The normalized spacial score (nSPS) is 32.9. The largest absolute Gasteiger partial charge is 0.465 e. The van der Waals surface area contributed by atoms with Crippen LogP contribution in [-0.2, 0) is 25.8 Å². The number of rotatable bonds is 4. The molecule has 4 aliphatic rings. The average Bonchev–Trinajstić information content (AvgIpc) is 3.47. The van der Waals surface area contributed by atoms with E-state index >= 15 is 0 Å². The Morgan fingerprint density at radius 3 is 2.89 bits per heavy atom. The number of thioether (sulfide) groups is 1. The van der Waals surface area contributed by atoms with Crippen molar-refractivity contribution in [2.75, 3.05) is 26.3 Å². The maximum absolute atomic E-state index is 14.1. The van der Waals surface area contributed by atoms with Gasteiger partial charge in [-0.1, -0.05) is 41.7 Å². The van der Waals surface area contributed by atoms with Crippen LogP contribution in [0.15, 0.2) is 48.6 Å². The molecular weight excluding hydrogens is 482 g/mol. The number of aromatic nitrogens is 3. The molecule has 5 heterocycles. The Morgan fingerprint density at radius 1 is 1.17 bits per heavy atom. The molecule has 5 atom stereocenters. The number of aliphatic hydroxyl groups excluding tert-OH is 1. The van der Waals surface area contributed by atoms with Crippen molar-refractivity contribution in [2.24, 2.45) is 11.8 Å². The van der Waals surface area contributed by atoms with E-state index in [0.29, 0.717) is 13.2 Å². The van der Waals surface area contributed by atoms with E-state index in [2.05, 4.69) is 10.3 Å². The molecule has 1 aromatic carbocycles. The molecule has 11 heteroatoms. The quantitative estimate of drug-likeness (QED) is 0.479. The number of hydrogen-bond acceptors (Lipinski definition) is 8. The third-order valence-electron chi connectivity index (χ3n) is 7.50. The van der Waals surface area contributed by atoms with Crippen LogP contribution in [0.3, 0.4) is 0 Å². The first kappa shape index (κ1) is 23.2. The molecule has 10 nitrogen and oxygen atoms in total. The first-order valence-corrected chi connectivity index (χ1v) is 13.1. The van der Waals surface area contributed by atoms with E-state index < -0.39 is 28.6 Å². The van der Waals surface area contributed by atoms with E-state index in [4.69, 9.17) is 4.74 Å². The van der Waals surface area contributed by atoms with Gasteiger partial charge in [-0.15, -0.1) is 16.9 Å². The first-order chi connectivity index (χ1) is 17.5. The predicted molar refractivity (Wildman–Crippen MR) is 131 cm³/mol. The van der Waals surface area contributed by atoms with Gasteiger partial charge in [0.15, 0.2) is 0 Å². The molecular formula is C25H27N5O5S.